The maximum Gasteiger partial charge on any atom is 0.225 e. The fourth-order valence-electron chi connectivity index (χ4n) is 1.01. The Hall–Kier alpha value is -1.31. The van der Waals surface area contributed by atoms with E-state index < -0.39 is 0 Å². The number of thiocarbonyl (C=S) groups is 1. The van der Waals surface area contributed by atoms with E-state index in [1.165, 1.54) is 7.11 Å². The standard InChI is InChI=1S/C9H12BN3O2S/c1-14-15-6-11-7-2-4-8(5-3-7)12-9(16)13-10/h2-5,11H,6H2,1H3,(H2,12,13,16). The van der Waals surface area contributed by atoms with Crippen LogP contribution >= 0.6 is 12.2 Å². The average molecular weight is 237 g/mol. The average Bonchev–Trinajstić information content (AvgIpc) is 2.31. The number of nitrogens with one attached hydrogen (secondary N) is 3. The van der Waals surface area contributed by atoms with Crippen molar-refractivity contribution < 1.29 is 9.78 Å². The van der Waals surface area contributed by atoms with Gasteiger partial charge in [-0.05, 0) is 36.5 Å². The van der Waals surface area contributed by atoms with Crippen molar-refractivity contribution in [1.29, 1.82) is 0 Å². The van der Waals surface area contributed by atoms with Gasteiger partial charge in [-0.3, -0.25) is 0 Å². The molecule has 0 saturated carbocycles. The minimum atomic E-state index is 0.284. The van der Waals surface area contributed by atoms with Crippen LogP contribution in [0.1, 0.15) is 0 Å². The Bertz CT molecular complexity index is 334. The SMILES string of the molecule is [B]NC(=S)Nc1ccc(NCOOC)cc1. The second-order valence-electron chi connectivity index (χ2n) is 2.78. The van der Waals surface area contributed by atoms with Gasteiger partial charge in [0.25, 0.3) is 0 Å². The molecule has 0 aliphatic rings. The van der Waals surface area contributed by atoms with Crippen LogP contribution in [0.3, 0.4) is 0 Å². The highest BCUT2D eigenvalue weighted by Gasteiger charge is 1.95. The lowest BCUT2D eigenvalue weighted by atomic mass is 10.3. The van der Waals surface area contributed by atoms with Gasteiger partial charge in [-0.2, -0.15) is 0 Å². The van der Waals surface area contributed by atoms with Crippen molar-refractivity contribution in [3.63, 3.8) is 0 Å². The second kappa shape index (κ2) is 7.05. The van der Waals surface area contributed by atoms with E-state index in [-0.39, 0.29) is 6.73 Å². The van der Waals surface area contributed by atoms with Gasteiger partial charge in [0.1, 0.15) is 0 Å². The van der Waals surface area contributed by atoms with Crippen molar-refractivity contribution in [1.82, 2.24) is 5.23 Å². The fourth-order valence-corrected chi connectivity index (χ4v) is 1.13. The molecule has 0 saturated heterocycles. The smallest absolute Gasteiger partial charge is 0.225 e. The van der Waals surface area contributed by atoms with Crippen LogP contribution in [0, 0.1) is 0 Å². The highest BCUT2D eigenvalue weighted by molar-refractivity contribution is 7.80. The predicted molar refractivity (Wildman–Crippen MR) is 68.1 cm³/mol. The lowest BCUT2D eigenvalue weighted by Gasteiger charge is -2.09. The lowest BCUT2D eigenvalue weighted by Crippen LogP contribution is -2.25. The molecule has 0 aliphatic heterocycles. The van der Waals surface area contributed by atoms with Crippen molar-refractivity contribution in [2.45, 2.75) is 0 Å². The fraction of sp³-hybridized carbons (Fsp3) is 0.222. The number of rotatable bonds is 5. The summed E-state index contributed by atoms with van der Waals surface area (Å²) in [6, 6.07) is 7.47. The summed E-state index contributed by atoms with van der Waals surface area (Å²) in [6.07, 6.45) is 0. The molecule has 1 aromatic rings. The zero-order valence-corrected chi connectivity index (χ0v) is 9.64. The molecule has 0 amide bonds. The summed E-state index contributed by atoms with van der Waals surface area (Å²) in [7, 11) is 6.59. The minimum absolute atomic E-state index is 0.284. The first-order valence-corrected chi connectivity index (χ1v) is 4.94. The van der Waals surface area contributed by atoms with Gasteiger partial charge < -0.3 is 15.9 Å². The van der Waals surface area contributed by atoms with Crippen molar-refractivity contribution >= 4 is 36.7 Å². The third-order valence-corrected chi connectivity index (χ3v) is 1.95. The first kappa shape index (κ1) is 12.8. The normalized spacial score (nSPS) is 9.56. The van der Waals surface area contributed by atoms with Gasteiger partial charge in [-0.25, -0.2) is 9.78 Å². The van der Waals surface area contributed by atoms with E-state index in [0.717, 1.165) is 11.4 Å². The van der Waals surface area contributed by atoms with Crippen LogP contribution in [0.5, 0.6) is 0 Å². The van der Waals surface area contributed by atoms with Crippen LogP contribution in [-0.2, 0) is 9.78 Å². The first-order valence-electron chi connectivity index (χ1n) is 4.53. The molecule has 5 nitrogen and oxygen atoms in total. The molecular weight excluding hydrogens is 225 g/mol. The van der Waals surface area contributed by atoms with Gasteiger partial charge in [-0.1, -0.05) is 0 Å². The molecule has 84 valence electrons. The van der Waals surface area contributed by atoms with Crippen LogP contribution in [0.4, 0.5) is 11.4 Å². The topological polar surface area (TPSA) is 54.5 Å². The maximum atomic E-state index is 5.13. The zero-order chi connectivity index (χ0) is 11.8. The Morgan fingerprint density at radius 1 is 1.31 bits per heavy atom. The van der Waals surface area contributed by atoms with E-state index in [1.54, 1.807) is 0 Å². The zero-order valence-electron chi connectivity index (χ0n) is 8.82. The van der Waals surface area contributed by atoms with Gasteiger partial charge in [0, 0.05) is 11.4 Å². The summed E-state index contributed by atoms with van der Waals surface area (Å²) in [5.41, 5.74) is 1.76. The molecule has 0 spiro atoms. The Morgan fingerprint density at radius 2 is 1.94 bits per heavy atom. The number of hydrogen-bond donors (Lipinski definition) is 3. The van der Waals surface area contributed by atoms with Crippen molar-refractivity contribution in [2.75, 3.05) is 24.5 Å². The molecule has 3 N–H and O–H groups in total. The Morgan fingerprint density at radius 3 is 2.50 bits per heavy atom. The molecule has 0 heterocycles. The molecule has 2 radical (unpaired) electrons. The second-order valence-corrected chi connectivity index (χ2v) is 3.19. The third-order valence-electron chi connectivity index (χ3n) is 1.73. The summed E-state index contributed by atoms with van der Waals surface area (Å²) in [5.74, 6) is 0. The quantitative estimate of drug-likeness (QED) is 0.177. The Balaban J connectivity index is 2.44. The number of anilines is 2. The Kier molecular flexibility index (Phi) is 5.62. The third kappa shape index (κ3) is 4.48. The van der Waals surface area contributed by atoms with Gasteiger partial charge in [-0.15, -0.1) is 0 Å². The molecule has 1 rings (SSSR count). The number of hydrogen-bond acceptors (Lipinski definition) is 4. The molecule has 1 aromatic carbocycles. The van der Waals surface area contributed by atoms with E-state index >= 15 is 0 Å². The molecule has 0 bridgehead atoms. The molecular formula is C9H12BN3O2S. The van der Waals surface area contributed by atoms with Crippen molar-refractivity contribution in [3.8, 4) is 0 Å². The van der Waals surface area contributed by atoms with E-state index in [2.05, 4.69) is 25.6 Å². The monoisotopic (exact) mass is 237 g/mol. The van der Waals surface area contributed by atoms with Gasteiger partial charge in [0.05, 0.1) is 7.11 Å². The Labute approximate surface area is 101 Å². The first-order chi connectivity index (χ1) is 7.76. The summed E-state index contributed by atoms with van der Waals surface area (Å²) >= 11 is 4.86. The summed E-state index contributed by atoms with van der Waals surface area (Å²) < 4.78 is 0. The molecule has 0 atom stereocenters. The van der Waals surface area contributed by atoms with E-state index in [9.17, 15) is 0 Å². The van der Waals surface area contributed by atoms with E-state index in [1.807, 2.05) is 24.3 Å². The van der Waals surface area contributed by atoms with Crippen LogP contribution in [0.15, 0.2) is 24.3 Å². The molecule has 0 aliphatic carbocycles. The largest absolute Gasteiger partial charge is 0.415 e. The molecule has 0 aromatic heterocycles. The molecule has 16 heavy (non-hydrogen) atoms. The molecule has 7 heteroatoms. The molecule has 0 fully saturated rings. The lowest BCUT2D eigenvalue weighted by molar-refractivity contribution is -0.266. The van der Waals surface area contributed by atoms with Crippen molar-refractivity contribution in [3.05, 3.63) is 24.3 Å². The van der Waals surface area contributed by atoms with Gasteiger partial charge >= 0.3 is 0 Å². The summed E-state index contributed by atoms with van der Waals surface area (Å²) in [5, 5.41) is 8.59. The predicted octanol–water partition coefficient (Wildman–Crippen LogP) is 1.00. The minimum Gasteiger partial charge on any atom is -0.415 e. The van der Waals surface area contributed by atoms with E-state index in [0.29, 0.717) is 5.11 Å². The highest BCUT2D eigenvalue weighted by Crippen LogP contribution is 2.13. The maximum absolute atomic E-state index is 5.13. The van der Waals surface area contributed by atoms with E-state index in [4.69, 9.17) is 20.2 Å². The number of benzene rings is 1. The van der Waals surface area contributed by atoms with Crippen LogP contribution < -0.4 is 15.9 Å². The van der Waals surface area contributed by atoms with Crippen LogP contribution in [0.2, 0.25) is 0 Å². The summed E-state index contributed by atoms with van der Waals surface area (Å²) in [6.45, 7) is 0.284. The van der Waals surface area contributed by atoms with Crippen LogP contribution in [-0.4, -0.2) is 26.9 Å². The van der Waals surface area contributed by atoms with Gasteiger partial charge in [0.15, 0.2) is 11.8 Å². The molecule has 0 unspecified atom stereocenters. The summed E-state index contributed by atoms with van der Waals surface area (Å²) in [4.78, 5) is 9.12. The van der Waals surface area contributed by atoms with Crippen LogP contribution in [0.25, 0.3) is 0 Å². The van der Waals surface area contributed by atoms with Crippen molar-refractivity contribution in [2.24, 2.45) is 0 Å². The van der Waals surface area contributed by atoms with Gasteiger partial charge in [0.2, 0.25) is 7.98 Å². The highest BCUT2D eigenvalue weighted by atomic mass is 32.1.